The van der Waals surface area contributed by atoms with Crippen molar-refractivity contribution in [2.75, 3.05) is 23.4 Å². The molecule has 0 radical (unpaired) electrons. The minimum atomic E-state index is -0.534. The Hall–Kier alpha value is -2.35. The van der Waals surface area contributed by atoms with E-state index in [2.05, 4.69) is 15.5 Å². The van der Waals surface area contributed by atoms with E-state index in [0.717, 1.165) is 0 Å². The largest absolute Gasteiger partial charge is 0.464 e. The summed E-state index contributed by atoms with van der Waals surface area (Å²) in [5.41, 5.74) is 5.93. The minimum absolute atomic E-state index is 0.0748. The number of thiophene rings is 1. The number of esters is 1. The number of carbonyl (C=O) groups is 3. The van der Waals surface area contributed by atoms with E-state index in [1.165, 1.54) is 52.5 Å². The number of aromatic nitrogens is 2. The van der Waals surface area contributed by atoms with Crippen molar-refractivity contribution in [3.8, 4) is 11.3 Å². The summed E-state index contributed by atoms with van der Waals surface area (Å²) in [5, 5.41) is 12.8. The van der Waals surface area contributed by atoms with Gasteiger partial charge in [0.15, 0.2) is 8.68 Å². The Labute approximate surface area is 187 Å². The van der Waals surface area contributed by atoms with Gasteiger partial charge in [-0.1, -0.05) is 34.9 Å². The zero-order chi connectivity index (χ0) is 21.5. The zero-order valence-corrected chi connectivity index (χ0v) is 18.8. The van der Waals surface area contributed by atoms with Crippen molar-refractivity contribution in [2.24, 2.45) is 5.73 Å². The Morgan fingerprint density at radius 2 is 1.97 bits per heavy atom. The summed E-state index contributed by atoms with van der Waals surface area (Å²) >= 11 is 4.89. The molecule has 9 nitrogen and oxygen atoms in total. The van der Waals surface area contributed by atoms with E-state index in [1.807, 2.05) is 0 Å². The number of rotatable bonds is 10. The number of carbonyl (C=O) groups excluding carboxylic acids is 3. The maximum absolute atomic E-state index is 12.5. The second-order valence-corrected chi connectivity index (χ2v) is 9.78. The van der Waals surface area contributed by atoms with E-state index in [1.54, 1.807) is 24.4 Å². The maximum Gasteiger partial charge on any atom is 0.341 e. The summed E-state index contributed by atoms with van der Waals surface area (Å²) in [6, 6.07) is 3.45. The Balaban J connectivity index is 1.65. The van der Waals surface area contributed by atoms with Gasteiger partial charge in [0.25, 0.3) is 0 Å². The van der Waals surface area contributed by atoms with Gasteiger partial charge in [-0.25, -0.2) is 4.79 Å². The van der Waals surface area contributed by atoms with Crippen LogP contribution in [0.5, 0.6) is 0 Å². The summed E-state index contributed by atoms with van der Waals surface area (Å²) in [7, 11) is 0. The fourth-order valence-corrected chi connectivity index (χ4v) is 5.72. The lowest BCUT2D eigenvalue weighted by Crippen LogP contribution is -2.16. The van der Waals surface area contributed by atoms with Crippen molar-refractivity contribution in [1.29, 1.82) is 0 Å². The Kier molecular flexibility index (Phi) is 7.90. The van der Waals surface area contributed by atoms with Crippen molar-refractivity contribution >= 4 is 69.0 Å². The number of furan rings is 1. The molecule has 3 N–H and O–H groups in total. The lowest BCUT2D eigenvalue weighted by Gasteiger charge is -2.07. The molecular weight excluding hydrogens is 468 g/mol. The Morgan fingerprint density at radius 3 is 2.60 bits per heavy atom. The standard InChI is InChI=1S/C17H16N4O5S4/c1-2-25-15(24)13-9(10-4-3-5-26-10)6-27-14(13)19-12(23)8-29-17-21-20-16(30-17)28-7-11(18)22/h3-6H,2,7-8H2,1H3,(H2,18,22)(H,19,23). The first-order valence-electron chi connectivity index (χ1n) is 8.47. The molecule has 0 fully saturated rings. The molecule has 0 aromatic carbocycles. The zero-order valence-electron chi connectivity index (χ0n) is 15.6. The quantitative estimate of drug-likeness (QED) is 0.328. The van der Waals surface area contributed by atoms with E-state index in [0.29, 0.717) is 25.0 Å². The van der Waals surface area contributed by atoms with Gasteiger partial charge >= 0.3 is 5.97 Å². The molecule has 158 valence electrons. The maximum atomic E-state index is 12.5. The van der Waals surface area contributed by atoms with Crippen LogP contribution in [0.3, 0.4) is 0 Å². The number of thioether (sulfide) groups is 2. The molecule has 0 atom stereocenters. The van der Waals surface area contributed by atoms with Crippen molar-refractivity contribution in [1.82, 2.24) is 10.2 Å². The number of hydrogen-bond acceptors (Lipinski definition) is 11. The summed E-state index contributed by atoms with van der Waals surface area (Å²) in [5.74, 6) is -0.573. The van der Waals surface area contributed by atoms with Crippen molar-refractivity contribution < 1.29 is 23.5 Å². The molecule has 3 rings (SSSR count). The third kappa shape index (κ3) is 5.84. The van der Waals surface area contributed by atoms with Gasteiger partial charge in [0, 0.05) is 10.9 Å². The molecule has 3 aromatic rings. The van der Waals surface area contributed by atoms with Crippen LogP contribution in [0, 0.1) is 0 Å². The average Bonchev–Trinajstić information content (AvgIpc) is 3.45. The lowest BCUT2D eigenvalue weighted by molar-refractivity contribution is -0.115. The molecule has 0 saturated heterocycles. The highest BCUT2D eigenvalue weighted by Crippen LogP contribution is 2.37. The van der Waals surface area contributed by atoms with E-state index in [4.69, 9.17) is 14.9 Å². The van der Waals surface area contributed by atoms with Crippen LogP contribution in [-0.4, -0.2) is 46.1 Å². The first-order chi connectivity index (χ1) is 14.5. The predicted molar refractivity (Wildman–Crippen MR) is 117 cm³/mol. The topological polar surface area (TPSA) is 137 Å². The molecule has 3 heterocycles. The third-order valence-corrected chi connectivity index (χ3v) is 7.47. The highest BCUT2D eigenvalue weighted by Gasteiger charge is 2.24. The first kappa shape index (κ1) is 22.3. The van der Waals surface area contributed by atoms with Crippen LogP contribution in [0.1, 0.15) is 17.3 Å². The number of ether oxygens (including phenoxy) is 1. The summed E-state index contributed by atoms with van der Waals surface area (Å²) < 4.78 is 11.7. The molecule has 0 aliphatic carbocycles. The van der Waals surface area contributed by atoms with Gasteiger partial charge in [0.2, 0.25) is 11.8 Å². The number of nitrogens with zero attached hydrogens (tertiary/aromatic N) is 2. The molecule has 13 heteroatoms. The minimum Gasteiger partial charge on any atom is -0.464 e. The number of amides is 2. The normalized spacial score (nSPS) is 10.7. The molecule has 0 unspecified atom stereocenters. The van der Waals surface area contributed by atoms with Crippen LogP contribution < -0.4 is 11.1 Å². The number of nitrogens with two attached hydrogens (primary N) is 1. The van der Waals surface area contributed by atoms with Gasteiger partial charge in [0.05, 0.1) is 24.4 Å². The number of primary amides is 1. The van der Waals surface area contributed by atoms with Gasteiger partial charge < -0.3 is 20.2 Å². The molecule has 0 aliphatic rings. The number of hydrogen-bond donors (Lipinski definition) is 2. The summed E-state index contributed by atoms with van der Waals surface area (Å²) in [6.07, 6.45) is 1.51. The van der Waals surface area contributed by atoms with Crippen LogP contribution >= 0.6 is 46.2 Å². The molecule has 0 spiro atoms. The van der Waals surface area contributed by atoms with Crippen LogP contribution in [0.25, 0.3) is 11.3 Å². The van der Waals surface area contributed by atoms with Crippen LogP contribution in [0.15, 0.2) is 36.9 Å². The smallest absolute Gasteiger partial charge is 0.341 e. The average molecular weight is 485 g/mol. The second-order valence-electron chi connectivity index (χ2n) is 5.48. The number of anilines is 1. The predicted octanol–water partition coefficient (Wildman–Crippen LogP) is 3.34. The van der Waals surface area contributed by atoms with Gasteiger partial charge in [-0.2, -0.15) is 0 Å². The molecule has 0 aliphatic heterocycles. The van der Waals surface area contributed by atoms with Crippen LogP contribution in [0.4, 0.5) is 5.00 Å². The van der Waals surface area contributed by atoms with E-state index >= 15 is 0 Å². The van der Waals surface area contributed by atoms with Gasteiger partial charge in [-0.05, 0) is 19.1 Å². The monoisotopic (exact) mass is 484 g/mol. The lowest BCUT2D eigenvalue weighted by atomic mass is 10.1. The number of nitrogens with one attached hydrogen (secondary N) is 1. The van der Waals surface area contributed by atoms with Crippen LogP contribution in [0.2, 0.25) is 0 Å². The van der Waals surface area contributed by atoms with E-state index < -0.39 is 11.9 Å². The van der Waals surface area contributed by atoms with Gasteiger partial charge in [-0.15, -0.1) is 21.5 Å². The van der Waals surface area contributed by atoms with Gasteiger partial charge in [0.1, 0.15) is 16.3 Å². The molecule has 0 bridgehead atoms. The second kappa shape index (κ2) is 10.6. The molecule has 2 amide bonds. The molecule has 0 saturated carbocycles. The molecule has 3 aromatic heterocycles. The Morgan fingerprint density at radius 1 is 1.23 bits per heavy atom. The third-order valence-electron chi connectivity index (χ3n) is 3.36. The fraction of sp³-hybridized carbons (Fsp3) is 0.235. The van der Waals surface area contributed by atoms with Crippen molar-refractivity contribution in [3.63, 3.8) is 0 Å². The Bertz CT molecular complexity index is 1030. The van der Waals surface area contributed by atoms with Crippen molar-refractivity contribution in [2.45, 2.75) is 15.6 Å². The first-order valence-corrected chi connectivity index (χ1v) is 12.1. The van der Waals surface area contributed by atoms with E-state index in [-0.39, 0.29) is 29.6 Å². The SMILES string of the molecule is CCOC(=O)c1c(-c2ccco2)csc1NC(=O)CSc1nnc(SCC(N)=O)s1. The molecule has 30 heavy (non-hydrogen) atoms. The highest BCUT2D eigenvalue weighted by molar-refractivity contribution is 8.03. The summed E-state index contributed by atoms with van der Waals surface area (Å²) in [4.78, 5) is 35.7. The summed E-state index contributed by atoms with van der Waals surface area (Å²) in [6.45, 7) is 1.92. The highest BCUT2D eigenvalue weighted by atomic mass is 32.2. The molecular formula is C17H16N4O5S4. The van der Waals surface area contributed by atoms with Gasteiger partial charge in [-0.3, -0.25) is 9.59 Å². The fourth-order valence-electron chi connectivity index (χ4n) is 2.21. The van der Waals surface area contributed by atoms with E-state index in [9.17, 15) is 14.4 Å². The van der Waals surface area contributed by atoms with Crippen molar-refractivity contribution in [3.05, 3.63) is 29.3 Å². The van der Waals surface area contributed by atoms with Crippen LogP contribution in [-0.2, 0) is 14.3 Å².